The molecular weight excluding hydrogens is 370 g/mol. The molecule has 1 aliphatic heterocycles. The summed E-state index contributed by atoms with van der Waals surface area (Å²) >= 11 is 0. The zero-order valence-corrected chi connectivity index (χ0v) is 17.4. The summed E-state index contributed by atoms with van der Waals surface area (Å²) in [6.45, 7) is 6.09. The maximum Gasteiger partial charge on any atom is 0.276 e. The van der Waals surface area contributed by atoms with Crippen molar-refractivity contribution >= 4 is 5.91 Å². The number of ether oxygens (including phenoxy) is 2. The maximum absolute atomic E-state index is 13.0. The number of carbonyl (C=O) groups is 1. The van der Waals surface area contributed by atoms with E-state index in [9.17, 15) is 4.79 Å². The smallest absolute Gasteiger partial charge is 0.276 e. The van der Waals surface area contributed by atoms with E-state index in [0.717, 1.165) is 61.7 Å². The van der Waals surface area contributed by atoms with Crippen LogP contribution in [0.25, 0.3) is 0 Å². The van der Waals surface area contributed by atoms with E-state index < -0.39 is 0 Å². The van der Waals surface area contributed by atoms with Crippen molar-refractivity contribution < 1.29 is 18.8 Å². The van der Waals surface area contributed by atoms with E-state index in [0.29, 0.717) is 24.7 Å². The van der Waals surface area contributed by atoms with Gasteiger partial charge in [0, 0.05) is 44.7 Å². The number of hydrogen-bond donors (Lipinski definition) is 0. The molecule has 0 saturated carbocycles. The van der Waals surface area contributed by atoms with Gasteiger partial charge in [0.15, 0.2) is 17.2 Å². The number of carbonyl (C=O) groups excluding carboxylic acids is 1. The number of hydrogen-bond acceptors (Lipinski definition) is 6. The van der Waals surface area contributed by atoms with Crippen LogP contribution < -0.4 is 9.47 Å². The van der Waals surface area contributed by atoms with Gasteiger partial charge in [-0.25, -0.2) is 0 Å². The van der Waals surface area contributed by atoms with Crippen LogP contribution in [0, 0.1) is 5.92 Å². The first-order valence-electron chi connectivity index (χ1n) is 10.3. The summed E-state index contributed by atoms with van der Waals surface area (Å²) in [7, 11) is 3.29. The molecule has 0 bridgehead atoms. The van der Waals surface area contributed by atoms with Crippen LogP contribution in [0.2, 0.25) is 0 Å². The van der Waals surface area contributed by atoms with Gasteiger partial charge in [0.2, 0.25) is 0 Å². The molecule has 1 atom stereocenters. The summed E-state index contributed by atoms with van der Waals surface area (Å²) in [4.78, 5) is 17.3. The Morgan fingerprint density at radius 3 is 2.66 bits per heavy atom. The van der Waals surface area contributed by atoms with E-state index in [-0.39, 0.29) is 5.91 Å². The fourth-order valence-electron chi connectivity index (χ4n) is 4.24. The van der Waals surface area contributed by atoms with Gasteiger partial charge in [-0.3, -0.25) is 9.69 Å². The van der Waals surface area contributed by atoms with Crippen LogP contribution in [0.5, 0.6) is 11.5 Å². The van der Waals surface area contributed by atoms with E-state index in [2.05, 4.69) is 23.0 Å². The third kappa shape index (κ3) is 4.10. The van der Waals surface area contributed by atoms with Crippen molar-refractivity contribution in [3.8, 4) is 11.5 Å². The second-order valence-electron chi connectivity index (χ2n) is 8.04. The van der Waals surface area contributed by atoms with E-state index in [1.165, 1.54) is 5.56 Å². The Labute approximate surface area is 171 Å². The zero-order chi connectivity index (χ0) is 20.4. The highest BCUT2D eigenvalue weighted by Crippen LogP contribution is 2.30. The van der Waals surface area contributed by atoms with E-state index in [4.69, 9.17) is 14.0 Å². The van der Waals surface area contributed by atoms with E-state index in [1.807, 2.05) is 17.0 Å². The molecule has 1 amide bonds. The summed E-state index contributed by atoms with van der Waals surface area (Å²) in [6.07, 6.45) is 2.87. The third-order valence-electron chi connectivity index (χ3n) is 6.00. The lowest BCUT2D eigenvalue weighted by atomic mass is 9.88. The quantitative estimate of drug-likeness (QED) is 0.770. The Morgan fingerprint density at radius 1 is 1.17 bits per heavy atom. The van der Waals surface area contributed by atoms with Crippen LogP contribution in [0.15, 0.2) is 22.7 Å². The van der Waals surface area contributed by atoms with Crippen molar-refractivity contribution in [2.75, 3.05) is 40.4 Å². The fourth-order valence-corrected chi connectivity index (χ4v) is 4.24. The highest BCUT2D eigenvalue weighted by molar-refractivity contribution is 5.94. The van der Waals surface area contributed by atoms with Gasteiger partial charge >= 0.3 is 0 Å². The molecule has 2 aromatic rings. The molecule has 7 heteroatoms. The highest BCUT2D eigenvalue weighted by Gasteiger charge is 2.31. The van der Waals surface area contributed by atoms with Gasteiger partial charge in [0.1, 0.15) is 5.76 Å². The first kappa shape index (κ1) is 19.8. The van der Waals surface area contributed by atoms with Crippen LogP contribution in [-0.2, 0) is 19.4 Å². The molecule has 0 N–H and O–H groups in total. The molecule has 1 aliphatic carbocycles. The number of aryl methyl sites for hydroxylation is 1. The largest absolute Gasteiger partial charge is 0.493 e. The number of fused-ring (bicyclic) bond motifs is 1. The van der Waals surface area contributed by atoms with Gasteiger partial charge in [-0.15, -0.1) is 0 Å². The Morgan fingerprint density at radius 2 is 1.93 bits per heavy atom. The van der Waals surface area contributed by atoms with Crippen molar-refractivity contribution in [3.05, 3.63) is 40.8 Å². The highest BCUT2D eigenvalue weighted by atomic mass is 16.5. The summed E-state index contributed by atoms with van der Waals surface area (Å²) in [5.74, 6) is 2.96. The van der Waals surface area contributed by atoms with Gasteiger partial charge in [0.05, 0.1) is 14.2 Å². The molecule has 7 nitrogen and oxygen atoms in total. The van der Waals surface area contributed by atoms with Crippen LogP contribution >= 0.6 is 0 Å². The molecule has 1 aromatic carbocycles. The summed E-state index contributed by atoms with van der Waals surface area (Å²) < 4.78 is 16.2. The van der Waals surface area contributed by atoms with Gasteiger partial charge < -0.3 is 18.9 Å². The van der Waals surface area contributed by atoms with Crippen molar-refractivity contribution in [2.45, 2.75) is 32.7 Å². The minimum atomic E-state index is 0.00914. The predicted octanol–water partition coefficient (Wildman–Crippen LogP) is 2.77. The lowest BCUT2D eigenvalue weighted by Crippen LogP contribution is -2.48. The summed E-state index contributed by atoms with van der Waals surface area (Å²) in [6, 6.07) is 6.00. The number of methoxy groups -OCH3 is 2. The second-order valence-corrected chi connectivity index (χ2v) is 8.04. The van der Waals surface area contributed by atoms with Crippen LogP contribution in [0.1, 0.15) is 40.7 Å². The topological polar surface area (TPSA) is 68.0 Å². The molecule has 156 valence electrons. The SMILES string of the molecule is COc1ccc(CN2CCN(C(=O)c3noc4c3CC(C)CC4)CC2)cc1OC. The summed E-state index contributed by atoms with van der Waals surface area (Å²) in [5, 5.41) is 4.12. The average molecular weight is 399 g/mol. The van der Waals surface area contributed by atoms with Crippen molar-refractivity contribution in [1.82, 2.24) is 15.0 Å². The number of amides is 1. The van der Waals surface area contributed by atoms with Gasteiger partial charge in [-0.2, -0.15) is 0 Å². The minimum Gasteiger partial charge on any atom is -0.493 e. The number of benzene rings is 1. The molecule has 1 unspecified atom stereocenters. The maximum atomic E-state index is 13.0. The molecule has 0 radical (unpaired) electrons. The Hall–Kier alpha value is -2.54. The van der Waals surface area contributed by atoms with Gasteiger partial charge in [0.25, 0.3) is 5.91 Å². The molecule has 0 spiro atoms. The van der Waals surface area contributed by atoms with Crippen molar-refractivity contribution in [1.29, 1.82) is 0 Å². The van der Waals surface area contributed by atoms with Crippen molar-refractivity contribution in [2.24, 2.45) is 5.92 Å². The van der Waals surface area contributed by atoms with Gasteiger partial charge in [-0.1, -0.05) is 18.1 Å². The normalized spacial score (nSPS) is 19.7. The number of aromatic nitrogens is 1. The van der Waals surface area contributed by atoms with Crippen LogP contribution in [0.3, 0.4) is 0 Å². The molecule has 1 saturated heterocycles. The minimum absolute atomic E-state index is 0.00914. The van der Waals surface area contributed by atoms with Crippen LogP contribution in [-0.4, -0.2) is 61.3 Å². The molecule has 2 heterocycles. The van der Waals surface area contributed by atoms with E-state index >= 15 is 0 Å². The molecule has 2 aliphatic rings. The molecule has 4 rings (SSSR count). The molecule has 1 fully saturated rings. The summed E-state index contributed by atoms with van der Waals surface area (Å²) in [5.41, 5.74) is 2.73. The standard InChI is InChI=1S/C22H29N3O4/c1-15-4-6-18-17(12-15)21(23-29-18)22(26)25-10-8-24(9-11-25)14-16-5-7-19(27-2)20(13-16)28-3/h5,7,13,15H,4,6,8-12,14H2,1-3H3. The second kappa shape index (κ2) is 8.45. The third-order valence-corrected chi connectivity index (χ3v) is 6.00. The van der Waals surface area contributed by atoms with Crippen molar-refractivity contribution in [3.63, 3.8) is 0 Å². The first-order chi connectivity index (χ1) is 14.1. The van der Waals surface area contributed by atoms with E-state index in [1.54, 1.807) is 14.2 Å². The zero-order valence-electron chi connectivity index (χ0n) is 17.4. The fraction of sp³-hybridized carbons (Fsp3) is 0.545. The lowest BCUT2D eigenvalue weighted by molar-refractivity contribution is 0.0617. The van der Waals surface area contributed by atoms with Gasteiger partial charge in [-0.05, 0) is 36.5 Å². The Kier molecular flexibility index (Phi) is 5.76. The molecule has 29 heavy (non-hydrogen) atoms. The predicted molar refractivity (Wildman–Crippen MR) is 108 cm³/mol. The lowest BCUT2D eigenvalue weighted by Gasteiger charge is -2.34. The number of nitrogens with zero attached hydrogens (tertiary/aromatic N) is 3. The Bertz CT molecular complexity index is 871. The average Bonchev–Trinajstić information content (AvgIpc) is 3.16. The molecule has 1 aromatic heterocycles. The number of piperazine rings is 1. The Balaban J connectivity index is 1.36. The number of rotatable bonds is 5. The molecular formula is C22H29N3O4. The van der Waals surface area contributed by atoms with Crippen LogP contribution in [0.4, 0.5) is 0 Å². The monoisotopic (exact) mass is 399 g/mol. The first-order valence-corrected chi connectivity index (χ1v) is 10.3.